The summed E-state index contributed by atoms with van der Waals surface area (Å²) in [5.74, 6) is 0.436. The highest BCUT2D eigenvalue weighted by atomic mass is 35.5. The number of nitrogens with zero attached hydrogens (tertiary/aromatic N) is 3. The topological polar surface area (TPSA) is 111 Å². The van der Waals surface area contributed by atoms with Gasteiger partial charge in [-0.05, 0) is 23.3 Å². The van der Waals surface area contributed by atoms with Gasteiger partial charge in [0.15, 0.2) is 0 Å². The average Bonchev–Trinajstić information content (AvgIpc) is 3.12. The summed E-state index contributed by atoms with van der Waals surface area (Å²) in [6, 6.07) is 15.2. The zero-order chi connectivity index (χ0) is 19.9. The molecule has 0 fully saturated rings. The molecule has 9 heteroatoms. The van der Waals surface area contributed by atoms with E-state index in [-0.39, 0.29) is 30.1 Å². The highest BCUT2D eigenvalue weighted by molar-refractivity contribution is 8.00. The van der Waals surface area contributed by atoms with Gasteiger partial charge in [-0.25, -0.2) is 0 Å². The van der Waals surface area contributed by atoms with Crippen molar-refractivity contribution in [2.45, 2.75) is 24.5 Å². The Morgan fingerprint density at radius 2 is 1.79 bits per heavy atom. The van der Waals surface area contributed by atoms with Gasteiger partial charge >= 0.3 is 6.01 Å². The molecule has 0 atom stereocenters. The Labute approximate surface area is 172 Å². The lowest BCUT2D eigenvalue weighted by molar-refractivity contribution is -0.129. The molecule has 7 nitrogen and oxygen atoms in total. The number of carbonyl (C=O) groups excluding carboxylic acids is 1. The van der Waals surface area contributed by atoms with E-state index in [9.17, 15) is 4.79 Å². The lowest BCUT2D eigenvalue weighted by atomic mass is 10.1. The van der Waals surface area contributed by atoms with E-state index >= 15 is 0 Å². The Morgan fingerprint density at radius 1 is 1.07 bits per heavy atom. The van der Waals surface area contributed by atoms with Gasteiger partial charge in [0.2, 0.25) is 11.8 Å². The van der Waals surface area contributed by atoms with Gasteiger partial charge < -0.3 is 20.8 Å². The number of nitrogens with two attached hydrogens (primary N) is 2. The molecule has 1 aromatic heterocycles. The second-order valence-electron chi connectivity index (χ2n) is 6.02. The SMILES string of the molecule is NCc1ccc(CN(Cc2nnc(N)o2)C(=O)CSc2ccccc2Cl)cc1. The normalized spacial score (nSPS) is 10.8. The molecule has 2 aromatic carbocycles. The van der Waals surface area contributed by atoms with Crippen LogP contribution in [0.3, 0.4) is 0 Å². The van der Waals surface area contributed by atoms with Crippen LogP contribution in [0.25, 0.3) is 0 Å². The number of rotatable bonds is 8. The molecule has 4 N–H and O–H groups in total. The number of hydrogen-bond acceptors (Lipinski definition) is 7. The predicted molar refractivity (Wildman–Crippen MR) is 109 cm³/mol. The van der Waals surface area contributed by atoms with E-state index in [2.05, 4.69) is 10.2 Å². The van der Waals surface area contributed by atoms with Crippen LogP contribution in [0.4, 0.5) is 6.01 Å². The monoisotopic (exact) mass is 417 g/mol. The van der Waals surface area contributed by atoms with Crippen LogP contribution in [0.1, 0.15) is 17.0 Å². The van der Waals surface area contributed by atoms with Crippen molar-refractivity contribution < 1.29 is 9.21 Å². The summed E-state index contributed by atoms with van der Waals surface area (Å²) in [5, 5.41) is 8.13. The Kier molecular flexibility index (Phi) is 6.91. The molecular weight excluding hydrogens is 398 g/mol. The summed E-state index contributed by atoms with van der Waals surface area (Å²) >= 11 is 7.56. The maximum atomic E-state index is 12.9. The molecule has 1 amide bonds. The van der Waals surface area contributed by atoms with Crippen molar-refractivity contribution in [3.63, 3.8) is 0 Å². The summed E-state index contributed by atoms with van der Waals surface area (Å²) in [6.07, 6.45) is 0. The molecule has 0 aliphatic carbocycles. The highest BCUT2D eigenvalue weighted by Gasteiger charge is 2.18. The fourth-order valence-electron chi connectivity index (χ4n) is 2.52. The van der Waals surface area contributed by atoms with Crippen LogP contribution in [0.5, 0.6) is 0 Å². The molecule has 1 heterocycles. The van der Waals surface area contributed by atoms with E-state index in [1.54, 1.807) is 11.0 Å². The third-order valence-electron chi connectivity index (χ3n) is 3.98. The first-order valence-electron chi connectivity index (χ1n) is 8.56. The van der Waals surface area contributed by atoms with Crippen molar-refractivity contribution in [2.24, 2.45) is 5.73 Å². The summed E-state index contributed by atoms with van der Waals surface area (Å²) in [5.41, 5.74) is 13.1. The van der Waals surface area contributed by atoms with Crippen LogP contribution in [0.15, 0.2) is 57.8 Å². The minimum atomic E-state index is -0.0791. The third kappa shape index (κ3) is 5.48. The van der Waals surface area contributed by atoms with E-state index < -0.39 is 0 Å². The maximum Gasteiger partial charge on any atom is 0.312 e. The summed E-state index contributed by atoms with van der Waals surface area (Å²) < 4.78 is 5.24. The number of halogens is 1. The van der Waals surface area contributed by atoms with Gasteiger partial charge in [0.25, 0.3) is 0 Å². The van der Waals surface area contributed by atoms with Crippen LogP contribution in [-0.2, 0) is 24.4 Å². The Hall–Kier alpha value is -2.55. The lowest BCUT2D eigenvalue weighted by Gasteiger charge is -2.21. The van der Waals surface area contributed by atoms with Gasteiger partial charge in [0.05, 0.1) is 17.3 Å². The molecule has 146 valence electrons. The number of nitrogen functional groups attached to an aromatic ring is 1. The fraction of sp³-hybridized carbons (Fsp3) is 0.211. The van der Waals surface area contributed by atoms with Crippen LogP contribution in [-0.4, -0.2) is 26.8 Å². The zero-order valence-electron chi connectivity index (χ0n) is 15.0. The van der Waals surface area contributed by atoms with Crippen molar-refractivity contribution in [3.8, 4) is 0 Å². The second-order valence-corrected chi connectivity index (χ2v) is 7.45. The molecule has 0 bridgehead atoms. The van der Waals surface area contributed by atoms with Crippen molar-refractivity contribution in [3.05, 3.63) is 70.6 Å². The highest BCUT2D eigenvalue weighted by Crippen LogP contribution is 2.27. The third-order valence-corrected chi connectivity index (χ3v) is 5.48. The first-order valence-corrected chi connectivity index (χ1v) is 9.92. The molecule has 3 aromatic rings. The zero-order valence-corrected chi connectivity index (χ0v) is 16.6. The minimum Gasteiger partial charge on any atom is -0.406 e. The Balaban J connectivity index is 1.72. The van der Waals surface area contributed by atoms with E-state index in [1.165, 1.54) is 11.8 Å². The maximum absolute atomic E-state index is 12.9. The fourth-order valence-corrected chi connectivity index (χ4v) is 3.66. The second kappa shape index (κ2) is 9.59. The molecule has 0 aliphatic rings. The van der Waals surface area contributed by atoms with Gasteiger partial charge in [0.1, 0.15) is 0 Å². The summed E-state index contributed by atoms with van der Waals surface area (Å²) in [7, 11) is 0. The van der Waals surface area contributed by atoms with Crippen LogP contribution in [0, 0.1) is 0 Å². The van der Waals surface area contributed by atoms with Gasteiger partial charge in [-0.15, -0.1) is 16.9 Å². The summed E-state index contributed by atoms with van der Waals surface area (Å²) in [6.45, 7) is 1.04. The van der Waals surface area contributed by atoms with Crippen molar-refractivity contribution in [2.75, 3.05) is 11.5 Å². The first kappa shape index (κ1) is 20.2. The minimum absolute atomic E-state index is 0.0276. The average molecular weight is 418 g/mol. The largest absolute Gasteiger partial charge is 0.406 e. The molecule has 3 rings (SSSR count). The molecular formula is C19H20ClN5O2S. The molecule has 28 heavy (non-hydrogen) atoms. The van der Waals surface area contributed by atoms with Gasteiger partial charge in [-0.2, -0.15) is 0 Å². The lowest BCUT2D eigenvalue weighted by Crippen LogP contribution is -2.31. The number of amides is 1. The molecule has 0 radical (unpaired) electrons. The molecule has 0 saturated carbocycles. The molecule has 0 aliphatic heterocycles. The van der Waals surface area contributed by atoms with E-state index in [0.29, 0.717) is 18.1 Å². The molecule has 0 spiro atoms. The molecule has 0 unspecified atom stereocenters. The first-order chi connectivity index (χ1) is 13.5. The van der Waals surface area contributed by atoms with Crippen LogP contribution in [0.2, 0.25) is 5.02 Å². The van der Waals surface area contributed by atoms with Gasteiger partial charge in [0, 0.05) is 18.0 Å². The van der Waals surface area contributed by atoms with Gasteiger partial charge in [-0.1, -0.05) is 53.1 Å². The van der Waals surface area contributed by atoms with Crippen LogP contribution >= 0.6 is 23.4 Å². The number of carbonyl (C=O) groups is 1. The van der Waals surface area contributed by atoms with E-state index in [0.717, 1.165) is 16.0 Å². The van der Waals surface area contributed by atoms with Crippen molar-refractivity contribution >= 4 is 35.3 Å². The van der Waals surface area contributed by atoms with E-state index in [1.807, 2.05) is 42.5 Å². The van der Waals surface area contributed by atoms with Crippen LogP contribution < -0.4 is 11.5 Å². The van der Waals surface area contributed by atoms with E-state index in [4.69, 9.17) is 27.5 Å². The number of benzene rings is 2. The number of thioether (sulfide) groups is 1. The molecule has 0 saturated heterocycles. The number of anilines is 1. The standard InChI is InChI=1S/C19H20ClN5O2S/c20-15-3-1-2-4-16(15)28-12-18(26)25(11-17-23-24-19(22)27-17)10-14-7-5-13(9-21)6-8-14/h1-8H,9-12,21H2,(H2,22,24). The van der Waals surface area contributed by atoms with Crippen molar-refractivity contribution in [1.82, 2.24) is 15.1 Å². The Morgan fingerprint density at radius 3 is 2.43 bits per heavy atom. The Bertz CT molecular complexity index is 932. The number of aromatic nitrogens is 2. The summed E-state index contributed by atoms with van der Waals surface area (Å²) in [4.78, 5) is 15.4. The predicted octanol–water partition coefficient (Wildman–Crippen LogP) is 3.09. The number of hydrogen-bond donors (Lipinski definition) is 2. The van der Waals surface area contributed by atoms with Crippen molar-refractivity contribution in [1.29, 1.82) is 0 Å². The smallest absolute Gasteiger partial charge is 0.312 e. The van der Waals surface area contributed by atoms with Gasteiger partial charge in [-0.3, -0.25) is 4.79 Å². The quantitative estimate of drug-likeness (QED) is 0.541.